The number of hydrogen-bond donors (Lipinski definition) is 1. The van der Waals surface area contributed by atoms with Crippen LogP contribution in [0.1, 0.15) is 25.5 Å². The summed E-state index contributed by atoms with van der Waals surface area (Å²) in [4.78, 5) is 38.7. The van der Waals surface area contributed by atoms with Crippen molar-refractivity contribution in [2.45, 2.75) is 32.2 Å². The zero-order valence-corrected chi connectivity index (χ0v) is 19.3. The number of carbonyl (C=O) groups excluding carboxylic acids is 1. The van der Waals surface area contributed by atoms with Crippen molar-refractivity contribution in [3.8, 4) is 11.1 Å². The quantitative estimate of drug-likeness (QED) is 0.613. The third-order valence-corrected chi connectivity index (χ3v) is 6.20. The van der Waals surface area contributed by atoms with Gasteiger partial charge >= 0.3 is 0 Å². The summed E-state index contributed by atoms with van der Waals surface area (Å²) in [7, 11) is 3.95. The molecule has 2 fully saturated rings. The summed E-state index contributed by atoms with van der Waals surface area (Å²) in [6, 6.07) is 6.22. The van der Waals surface area contributed by atoms with Gasteiger partial charge in [0.2, 0.25) is 5.91 Å². The van der Waals surface area contributed by atoms with Gasteiger partial charge in [-0.3, -0.25) is 14.6 Å². The van der Waals surface area contributed by atoms with E-state index in [-0.39, 0.29) is 17.5 Å². The van der Waals surface area contributed by atoms with E-state index in [1.165, 1.54) is 12.8 Å². The Balaban J connectivity index is 1.52. The molecule has 1 saturated carbocycles. The Morgan fingerprint density at radius 3 is 2.72 bits per heavy atom. The number of carbonyl (C=O) groups is 1. The van der Waals surface area contributed by atoms with Crippen LogP contribution >= 0.6 is 0 Å². The van der Waals surface area contributed by atoms with Gasteiger partial charge in [0.15, 0.2) is 0 Å². The van der Waals surface area contributed by atoms with Crippen molar-refractivity contribution in [2.24, 2.45) is 5.92 Å². The molecule has 0 spiro atoms. The molecule has 4 rings (SSSR count). The molecule has 1 N–H and O–H groups in total. The summed E-state index contributed by atoms with van der Waals surface area (Å²) in [5, 5.41) is 0. The highest BCUT2D eigenvalue weighted by Crippen LogP contribution is 2.34. The van der Waals surface area contributed by atoms with E-state index in [2.05, 4.69) is 27.9 Å². The zero-order valence-electron chi connectivity index (χ0n) is 19.3. The van der Waals surface area contributed by atoms with E-state index in [0.29, 0.717) is 24.7 Å². The van der Waals surface area contributed by atoms with Gasteiger partial charge in [0.05, 0.1) is 6.04 Å². The second-order valence-electron chi connectivity index (χ2n) is 9.15. The van der Waals surface area contributed by atoms with E-state index in [4.69, 9.17) is 0 Å². The lowest BCUT2D eigenvalue weighted by atomic mass is 10.0. The molecule has 2 aliphatic rings. The van der Waals surface area contributed by atoms with Gasteiger partial charge in [-0.2, -0.15) is 0 Å². The first-order valence-corrected chi connectivity index (χ1v) is 11.5. The van der Waals surface area contributed by atoms with Crippen molar-refractivity contribution < 1.29 is 4.79 Å². The normalized spacial score (nSPS) is 16.6. The predicted molar refractivity (Wildman–Crippen MR) is 128 cm³/mol. The van der Waals surface area contributed by atoms with Gasteiger partial charge in [0, 0.05) is 55.9 Å². The monoisotopic (exact) mass is 435 g/mol. The Bertz CT molecular complexity index is 1030. The van der Waals surface area contributed by atoms with Crippen LogP contribution in [0.15, 0.2) is 47.5 Å². The van der Waals surface area contributed by atoms with Crippen molar-refractivity contribution in [1.82, 2.24) is 19.8 Å². The maximum absolute atomic E-state index is 12.8. The first kappa shape index (κ1) is 22.3. The lowest BCUT2D eigenvalue weighted by Crippen LogP contribution is -2.62. The van der Waals surface area contributed by atoms with Gasteiger partial charge in [-0.05, 0) is 63.0 Å². The molecule has 1 amide bonds. The van der Waals surface area contributed by atoms with Crippen LogP contribution in [0.2, 0.25) is 0 Å². The molecular formula is C25H33N5O2. The molecular weight excluding hydrogens is 402 g/mol. The molecule has 170 valence electrons. The molecule has 0 radical (unpaired) electrons. The van der Waals surface area contributed by atoms with Crippen molar-refractivity contribution in [3.63, 3.8) is 0 Å². The summed E-state index contributed by atoms with van der Waals surface area (Å²) >= 11 is 0. The highest BCUT2D eigenvalue weighted by Gasteiger charge is 2.37. The van der Waals surface area contributed by atoms with Crippen LogP contribution in [-0.2, 0) is 11.2 Å². The Labute approximate surface area is 189 Å². The number of rotatable bonds is 9. The summed E-state index contributed by atoms with van der Waals surface area (Å²) < 4.78 is 0. The fourth-order valence-electron chi connectivity index (χ4n) is 4.03. The van der Waals surface area contributed by atoms with E-state index in [9.17, 15) is 9.59 Å². The number of likely N-dealkylation sites (tertiary alicyclic amines) is 1. The van der Waals surface area contributed by atoms with Crippen molar-refractivity contribution in [2.75, 3.05) is 45.2 Å². The second-order valence-corrected chi connectivity index (χ2v) is 9.15. The summed E-state index contributed by atoms with van der Waals surface area (Å²) in [6.45, 7) is 4.99. The second kappa shape index (κ2) is 9.69. The van der Waals surface area contributed by atoms with Gasteiger partial charge < -0.3 is 19.7 Å². The molecule has 2 aromatic rings. The van der Waals surface area contributed by atoms with Crippen LogP contribution in [0.25, 0.3) is 11.1 Å². The van der Waals surface area contributed by atoms with Gasteiger partial charge in [0.1, 0.15) is 5.69 Å². The van der Waals surface area contributed by atoms with Crippen LogP contribution in [0, 0.1) is 5.92 Å². The highest BCUT2D eigenvalue weighted by atomic mass is 16.2. The minimum atomic E-state index is -0.0742. The van der Waals surface area contributed by atoms with E-state index in [1.54, 1.807) is 12.3 Å². The van der Waals surface area contributed by atoms with Crippen LogP contribution in [0.3, 0.4) is 0 Å². The number of aromatic amines is 1. The third kappa shape index (κ3) is 5.27. The van der Waals surface area contributed by atoms with Crippen LogP contribution < -0.4 is 10.5 Å². The van der Waals surface area contributed by atoms with Gasteiger partial charge in [-0.25, -0.2) is 0 Å². The molecule has 32 heavy (non-hydrogen) atoms. The molecule has 7 nitrogen and oxygen atoms in total. The molecule has 0 bridgehead atoms. The average Bonchev–Trinajstić information content (AvgIpc) is 3.56. The smallest absolute Gasteiger partial charge is 0.271 e. The van der Waals surface area contributed by atoms with E-state index >= 15 is 0 Å². The lowest BCUT2D eigenvalue weighted by molar-refractivity contribution is -0.130. The third-order valence-electron chi connectivity index (χ3n) is 6.20. The maximum atomic E-state index is 12.8. The molecule has 0 atom stereocenters. The standard InChI is InChI=1S/C25H33N5O2/c1-4-21-12-19(9-10-26-21)20-13-23(25(32)27-14-20)30(15-18-7-8-18)22-16-29(17-22)24(31)6-5-11-28(2)3/h5-6,9-10,12-14,18,22H,4,7-8,11,15-17H2,1-3H3,(H,27,32)/b6-5+. The molecule has 7 heteroatoms. The molecule has 0 aromatic carbocycles. The number of nitrogens with zero attached hydrogens (tertiary/aromatic N) is 4. The van der Waals surface area contributed by atoms with E-state index < -0.39 is 0 Å². The summed E-state index contributed by atoms with van der Waals surface area (Å²) in [6.07, 6.45) is 10.4. The van der Waals surface area contributed by atoms with Crippen LogP contribution in [0.5, 0.6) is 0 Å². The number of hydrogen-bond acceptors (Lipinski definition) is 5. The van der Waals surface area contributed by atoms with Crippen molar-refractivity contribution in [3.05, 3.63) is 58.8 Å². The summed E-state index contributed by atoms with van der Waals surface area (Å²) in [5.74, 6) is 0.677. The van der Waals surface area contributed by atoms with Crippen molar-refractivity contribution >= 4 is 11.6 Å². The number of amides is 1. The first-order valence-electron chi connectivity index (χ1n) is 11.5. The maximum Gasteiger partial charge on any atom is 0.271 e. The molecule has 1 aliphatic carbocycles. The molecule has 1 aliphatic heterocycles. The van der Waals surface area contributed by atoms with Gasteiger partial charge in [0.25, 0.3) is 5.56 Å². The zero-order chi connectivity index (χ0) is 22.7. The largest absolute Gasteiger partial charge is 0.360 e. The fraction of sp³-hybridized carbons (Fsp3) is 0.480. The number of pyridine rings is 2. The number of anilines is 1. The van der Waals surface area contributed by atoms with Gasteiger partial charge in [-0.15, -0.1) is 0 Å². The minimum absolute atomic E-state index is 0.0426. The molecule has 1 saturated heterocycles. The first-order chi connectivity index (χ1) is 15.4. The lowest BCUT2D eigenvalue weighted by Gasteiger charge is -2.46. The number of nitrogens with one attached hydrogen (secondary N) is 1. The minimum Gasteiger partial charge on any atom is -0.360 e. The number of H-pyrrole nitrogens is 1. The van der Waals surface area contributed by atoms with Gasteiger partial charge in [-0.1, -0.05) is 13.0 Å². The van der Waals surface area contributed by atoms with Crippen LogP contribution in [0.4, 0.5) is 5.69 Å². The van der Waals surface area contributed by atoms with Crippen LogP contribution in [-0.4, -0.2) is 72.0 Å². The molecule has 2 aromatic heterocycles. The number of likely N-dealkylation sites (N-methyl/N-ethyl adjacent to an activating group) is 1. The molecule has 0 unspecified atom stereocenters. The average molecular weight is 436 g/mol. The molecule has 3 heterocycles. The SMILES string of the molecule is CCc1cc(-c2c[nH]c(=O)c(N(CC3CC3)C3CN(C(=O)/C=C/CN(C)C)C3)c2)ccn1. The summed E-state index contributed by atoms with van der Waals surface area (Å²) in [5.41, 5.74) is 3.69. The van der Waals surface area contributed by atoms with Crippen molar-refractivity contribution in [1.29, 1.82) is 0 Å². The van der Waals surface area contributed by atoms with E-state index in [0.717, 1.165) is 36.3 Å². The Morgan fingerprint density at radius 2 is 2.03 bits per heavy atom. The number of aromatic nitrogens is 2. The Kier molecular flexibility index (Phi) is 6.74. The Hall–Kier alpha value is -2.93. The number of aryl methyl sites for hydroxylation is 1. The highest BCUT2D eigenvalue weighted by molar-refractivity contribution is 5.88. The Morgan fingerprint density at radius 1 is 1.25 bits per heavy atom. The topological polar surface area (TPSA) is 72.5 Å². The van der Waals surface area contributed by atoms with E-state index in [1.807, 2.05) is 48.3 Å². The fourth-order valence-corrected chi connectivity index (χ4v) is 4.03. The predicted octanol–water partition coefficient (Wildman–Crippen LogP) is 2.54.